The summed E-state index contributed by atoms with van der Waals surface area (Å²) in [6.07, 6.45) is 2.26. The van der Waals surface area contributed by atoms with E-state index in [0.717, 1.165) is 17.9 Å². The van der Waals surface area contributed by atoms with Gasteiger partial charge in [-0.25, -0.2) is 4.39 Å². The fraction of sp³-hybridized carbons (Fsp3) is 0.588. The Hall–Kier alpha value is -1.07. The summed E-state index contributed by atoms with van der Waals surface area (Å²) in [4.78, 5) is 12.8. The van der Waals surface area contributed by atoms with Crippen LogP contribution < -0.4 is 5.32 Å². The van der Waals surface area contributed by atoms with Crippen molar-refractivity contribution in [1.29, 1.82) is 0 Å². The Kier molecular flexibility index (Phi) is 5.03. The Morgan fingerprint density at radius 2 is 2.14 bits per heavy atom. The van der Waals surface area contributed by atoms with Crippen LogP contribution in [0, 0.1) is 11.7 Å². The Labute approximate surface area is 135 Å². The molecule has 1 aromatic carbocycles. The molecule has 0 atom stereocenters. The lowest BCUT2D eigenvalue weighted by Crippen LogP contribution is -2.48. The van der Waals surface area contributed by atoms with Crippen LogP contribution >= 0.6 is 11.8 Å². The van der Waals surface area contributed by atoms with E-state index >= 15 is 0 Å². The summed E-state index contributed by atoms with van der Waals surface area (Å²) in [5, 5.41) is 3.08. The van der Waals surface area contributed by atoms with Gasteiger partial charge >= 0.3 is 0 Å². The maximum absolute atomic E-state index is 13.6. The SMILES string of the molecule is O=C(NCCC1CSC1)C1(c2cccc(F)c2)CCOCC1. The first-order valence-corrected chi connectivity index (χ1v) is 9.06. The van der Waals surface area contributed by atoms with E-state index in [4.69, 9.17) is 4.74 Å². The van der Waals surface area contributed by atoms with Crippen LogP contribution in [0.15, 0.2) is 24.3 Å². The van der Waals surface area contributed by atoms with Gasteiger partial charge in [0.2, 0.25) is 5.91 Å². The number of thioether (sulfide) groups is 1. The summed E-state index contributed by atoms with van der Waals surface area (Å²) in [7, 11) is 0. The molecule has 0 unspecified atom stereocenters. The molecule has 2 aliphatic rings. The fourth-order valence-electron chi connectivity index (χ4n) is 3.16. The van der Waals surface area contributed by atoms with E-state index in [0.29, 0.717) is 32.6 Å². The van der Waals surface area contributed by atoms with Gasteiger partial charge in [0.05, 0.1) is 5.41 Å². The van der Waals surface area contributed by atoms with Gasteiger partial charge < -0.3 is 10.1 Å². The molecule has 2 saturated heterocycles. The van der Waals surface area contributed by atoms with E-state index in [2.05, 4.69) is 5.32 Å². The highest BCUT2D eigenvalue weighted by atomic mass is 32.2. The number of hydrogen-bond acceptors (Lipinski definition) is 3. The Morgan fingerprint density at radius 1 is 1.36 bits per heavy atom. The summed E-state index contributed by atoms with van der Waals surface area (Å²) in [6.45, 7) is 1.80. The predicted octanol–water partition coefficient (Wildman–Crippen LogP) is 2.74. The summed E-state index contributed by atoms with van der Waals surface area (Å²) in [5.41, 5.74) is 0.127. The Bertz CT molecular complexity index is 527. The van der Waals surface area contributed by atoms with E-state index in [-0.39, 0.29) is 11.7 Å². The van der Waals surface area contributed by atoms with Crippen molar-refractivity contribution >= 4 is 17.7 Å². The van der Waals surface area contributed by atoms with Gasteiger partial charge in [0.25, 0.3) is 0 Å². The van der Waals surface area contributed by atoms with Crippen LogP contribution in [0.1, 0.15) is 24.8 Å². The second-order valence-corrected chi connectivity index (χ2v) is 7.23. The molecule has 0 spiro atoms. The standard InChI is InChI=1S/C17H22FNO2S/c18-15-3-1-2-14(10-15)17(5-8-21-9-6-17)16(20)19-7-4-13-11-22-12-13/h1-3,10,13H,4-9,11-12H2,(H,19,20). The van der Waals surface area contributed by atoms with Crippen molar-refractivity contribution < 1.29 is 13.9 Å². The van der Waals surface area contributed by atoms with Gasteiger partial charge in [-0.1, -0.05) is 12.1 Å². The molecule has 5 heteroatoms. The topological polar surface area (TPSA) is 38.3 Å². The average molecular weight is 323 g/mol. The molecule has 2 fully saturated rings. The van der Waals surface area contributed by atoms with Crippen LogP contribution in [-0.2, 0) is 14.9 Å². The van der Waals surface area contributed by atoms with Crippen molar-refractivity contribution in [2.75, 3.05) is 31.3 Å². The van der Waals surface area contributed by atoms with Gasteiger partial charge in [-0.15, -0.1) is 0 Å². The van der Waals surface area contributed by atoms with Crippen molar-refractivity contribution in [3.63, 3.8) is 0 Å². The molecule has 1 N–H and O–H groups in total. The zero-order valence-corrected chi connectivity index (χ0v) is 13.5. The van der Waals surface area contributed by atoms with Crippen LogP contribution in [-0.4, -0.2) is 37.2 Å². The zero-order chi connectivity index (χ0) is 15.4. The minimum atomic E-state index is -0.644. The zero-order valence-electron chi connectivity index (χ0n) is 12.6. The van der Waals surface area contributed by atoms with Crippen LogP contribution in [0.3, 0.4) is 0 Å². The van der Waals surface area contributed by atoms with Gasteiger partial charge in [-0.3, -0.25) is 4.79 Å². The number of carbonyl (C=O) groups is 1. The van der Waals surface area contributed by atoms with Crippen molar-refractivity contribution in [2.24, 2.45) is 5.92 Å². The maximum Gasteiger partial charge on any atom is 0.230 e. The van der Waals surface area contributed by atoms with Gasteiger partial charge in [-0.05, 0) is 54.4 Å². The van der Waals surface area contributed by atoms with E-state index in [9.17, 15) is 9.18 Å². The lowest BCUT2D eigenvalue weighted by atomic mass is 9.73. The molecule has 0 bridgehead atoms. The van der Waals surface area contributed by atoms with E-state index in [1.165, 1.54) is 23.6 Å². The van der Waals surface area contributed by atoms with Crippen molar-refractivity contribution in [1.82, 2.24) is 5.32 Å². The maximum atomic E-state index is 13.6. The third-order valence-electron chi connectivity index (χ3n) is 4.70. The number of carbonyl (C=O) groups excluding carboxylic acids is 1. The summed E-state index contributed by atoms with van der Waals surface area (Å²) >= 11 is 1.96. The molecule has 0 saturated carbocycles. The lowest BCUT2D eigenvalue weighted by Gasteiger charge is -2.36. The lowest BCUT2D eigenvalue weighted by molar-refractivity contribution is -0.130. The molecule has 0 radical (unpaired) electrons. The number of ether oxygens (including phenoxy) is 1. The number of amides is 1. The van der Waals surface area contributed by atoms with Crippen LogP contribution in [0.5, 0.6) is 0 Å². The molecule has 3 nitrogen and oxygen atoms in total. The van der Waals surface area contributed by atoms with Crippen LogP contribution in [0.25, 0.3) is 0 Å². The minimum Gasteiger partial charge on any atom is -0.381 e. The molecular formula is C17H22FNO2S. The molecule has 2 heterocycles. The van der Waals surface area contributed by atoms with Crippen molar-refractivity contribution in [3.05, 3.63) is 35.6 Å². The Balaban J connectivity index is 1.71. The molecule has 3 rings (SSSR count). The number of halogens is 1. The third kappa shape index (κ3) is 3.30. The summed E-state index contributed by atoms with van der Waals surface area (Å²) in [6, 6.07) is 6.45. The molecule has 0 aromatic heterocycles. The number of hydrogen-bond donors (Lipinski definition) is 1. The highest BCUT2D eigenvalue weighted by Gasteiger charge is 2.41. The number of nitrogens with one attached hydrogen (secondary N) is 1. The molecule has 2 aliphatic heterocycles. The van der Waals surface area contributed by atoms with E-state index in [1.54, 1.807) is 6.07 Å². The smallest absolute Gasteiger partial charge is 0.230 e. The first-order valence-electron chi connectivity index (χ1n) is 7.90. The molecule has 22 heavy (non-hydrogen) atoms. The number of benzene rings is 1. The first-order chi connectivity index (χ1) is 10.7. The quantitative estimate of drug-likeness (QED) is 0.905. The monoisotopic (exact) mass is 323 g/mol. The first kappa shape index (κ1) is 15.8. The second-order valence-electron chi connectivity index (χ2n) is 6.15. The van der Waals surface area contributed by atoms with Crippen molar-refractivity contribution in [2.45, 2.75) is 24.7 Å². The molecule has 1 aromatic rings. The Morgan fingerprint density at radius 3 is 2.77 bits per heavy atom. The van der Waals surface area contributed by atoms with E-state index < -0.39 is 5.41 Å². The van der Waals surface area contributed by atoms with Crippen molar-refractivity contribution in [3.8, 4) is 0 Å². The van der Waals surface area contributed by atoms with Gasteiger partial charge in [-0.2, -0.15) is 11.8 Å². The third-order valence-corrected chi connectivity index (χ3v) is 6.12. The predicted molar refractivity (Wildman–Crippen MR) is 86.6 cm³/mol. The average Bonchev–Trinajstić information content (AvgIpc) is 2.50. The van der Waals surface area contributed by atoms with Gasteiger partial charge in [0.1, 0.15) is 5.82 Å². The van der Waals surface area contributed by atoms with Crippen LogP contribution in [0.2, 0.25) is 0 Å². The fourth-order valence-corrected chi connectivity index (χ4v) is 4.07. The summed E-state index contributed by atoms with van der Waals surface area (Å²) in [5.74, 6) is 2.89. The summed E-state index contributed by atoms with van der Waals surface area (Å²) < 4.78 is 19.0. The van der Waals surface area contributed by atoms with E-state index in [1.807, 2.05) is 17.8 Å². The molecule has 120 valence electrons. The molecule has 0 aliphatic carbocycles. The molecule has 1 amide bonds. The van der Waals surface area contributed by atoms with Crippen LogP contribution in [0.4, 0.5) is 4.39 Å². The number of rotatable bonds is 5. The highest BCUT2D eigenvalue weighted by Crippen LogP contribution is 2.35. The molecular weight excluding hydrogens is 301 g/mol. The second kappa shape index (κ2) is 7.01. The van der Waals surface area contributed by atoms with Gasteiger partial charge in [0.15, 0.2) is 0 Å². The minimum absolute atomic E-state index is 0.0216. The van der Waals surface area contributed by atoms with Gasteiger partial charge in [0, 0.05) is 19.8 Å². The normalized spacial score (nSPS) is 21.1. The largest absolute Gasteiger partial charge is 0.381 e. The highest BCUT2D eigenvalue weighted by molar-refractivity contribution is 8.00.